The summed E-state index contributed by atoms with van der Waals surface area (Å²) < 4.78 is 19.3. The minimum Gasteiger partial charge on any atom is -0.497 e. The molecule has 0 atom stereocenters. The van der Waals surface area contributed by atoms with Crippen LogP contribution in [0.15, 0.2) is 34.8 Å². The first kappa shape index (κ1) is 16.1. The van der Waals surface area contributed by atoms with Gasteiger partial charge in [0.15, 0.2) is 0 Å². The largest absolute Gasteiger partial charge is 0.497 e. The maximum absolute atomic E-state index is 13.8. The van der Waals surface area contributed by atoms with Crippen LogP contribution in [-0.2, 0) is 0 Å². The maximum atomic E-state index is 13.8. The van der Waals surface area contributed by atoms with E-state index in [2.05, 4.69) is 21.2 Å². The molecule has 2 aromatic rings. The Morgan fingerprint density at radius 2 is 1.95 bits per heavy atom. The highest BCUT2D eigenvalue weighted by Gasteiger charge is 2.16. The quantitative estimate of drug-likeness (QED) is 0.733. The lowest BCUT2D eigenvalue weighted by Crippen LogP contribution is -2.14. The van der Waals surface area contributed by atoms with Crippen molar-refractivity contribution in [3.8, 4) is 5.75 Å². The smallest absolute Gasteiger partial charge is 0.258 e. The van der Waals surface area contributed by atoms with Crippen molar-refractivity contribution >= 4 is 50.7 Å². The van der Waals surface area contributed by atoms with E-state index in [1.165, 1.54) is 19.2 Å². The zero-order chi connectivity index (χ0) is 15.6. The molecule has 0 fully saturated rings. The van der Waals surface area contributed by atoms with Crippen molar-refractivity contribution in [2.45, 2.75) is 0 Å². The monoisotopic (exact) mass is 391 g/mol. The summed E-state index contributed by atoms with van der Waals surface area (Å²) >= 11 is 15.2. The first-order chi connectivity index (χ1) is 9.93. The van der Waals surface area contributed by atoms with E-state index in [1.807, 2.05) is 0 Å². The Morgan fingerprint density at radius 3 is 2.57 bits per heavy atom. The molecule has 0 radical (unpaired) electrons. The Morgan fingerprint density at radius 1 is 1.24 bits per heavy atom. The first-order valence-electron chi connectivity index (χ1n) is 5.72. The molecule has 0 aliphatic rings. The van der Waals surface area contributed by atoms with Crippen molar-refractivity contribution in [1.29, 1.82) is 0 Å². The summed E-state index contributed by atoms with van der Waals surface area (Å²) in [5.74, 6) is -0.990. The lowest BCUT2D eigenvalue weighted by molar-refractivity contribution is 0.102. The van der Waals surface area contributed by atoms with Crippen molar-refractivity contribution in [3.05, 3.63) is 56.2 Å². The molecule has 3 nitrogen and oxygen atoms in total. The Labute approximate surface area is 139 Å². The molecule has 0 aliphatic heterocycles. The van der Waals surface area contributed by atoms with E-state index in [0.717, 1.165) is 6.07 Å². The molecule has 21 heavy (non-hydrogen) atoms. The molecule has 7 heteroatoms. The Balaban J connectivity index is 2.28. The average Bonchev–Trinajstić information content (AvgIpc) is 2.47. The van der Waals surface area contributed by atoms with Crippen LogP contribution in [0.3, 0.4) is 0 Å². The second kappa shape index (κ2) is 6.64. The van der Waals surface area contributed by atoms with Gasteiger partial charge in [-0.3, -0.25) is 4.79 Å². The van der Waals surface area contributed by atoms with Crippen molar-refractivity contribution < 1.29 is 13.9 Å². The van der Waals surface area contributed by atoms with Crippen LogP contribution >= 0.6 is 39.1 Å². The van der Waals surface area contributed by atoms with E-state index in [9.17, 15) is 9.18 Å². The first-order valence-corrected chi connectivity index (χ1v) is 7.27. The molecular formula is C14H9BrCl2FNO2. The van der Waals surface area contributed by atoms with E-state index in [0.29, 0.717) is 15.9 Å². The number of ether oxygens (including phenoxy) is 1. The summed E-state index contributed by atoms with van der Waals surface area (Å²) in [5.41, 5.74) is 0.177. The van der Waals surface area contributed by atoms with Gasteiger partial charge in [0.2, 0.25) is 0 Å². The molecule has 1 N–H and O–H groups in total. The van der Waals surface area contributed by atoms with Crippen LogP contribution < -0.4 is 10.1 Å². The standard InChI is InChI=1S/C14H9BrCl2FNO2/c1-21-7-2-3-8(10(18)6-7)14(20)19-11-5-4-9(15)12(16)13(11)17/h2-6H,1H3,(H,19,20). The van der Waals surface area contributed by atoms with Gasteiger partial charge in [-0.25, -0.2) is 4.39 Å². The van der Waals surface area contributed by atoms with E-state index < -0.39 is 11.7 Å². The van der Waals surface area contributed by atoms with Crippen LogP contribution in [0.25, 0.3) is 0 Å². The number of benzene rings is 2. The van der Waals surface area contributed by atoms with E-state index >= 15 is 0 Å². The predicted molar refractivity (Wildman–Crippen MR) is 85.1 cm³/mol. The van der Waals surface area contributed by atoms with E-state index in [1.54, 1.807) is 12.1 Å². The number of carbonyl (C=O) groups is 1. The van der Waals surface area contributed by atoms with Gasteiger partial charge in [0.05, 0.1) is 28.4 Å². The fourth-order valence-electron chi connectivity index (χ4n) is 1.62. The summed E-state index contributed by atoms with van der Waals surface area (Å²) in [4.78, 5) is 12.1. The lowest BCUT2D eigenvalue weighted by Gasteiger charge is -2.10. The predicted octanol–water partition coefficient (Wildman–Crippen LogP) is 5.16. The minimum atomic E-state index is -0.689. The van der Waals surface area contributed by atoms with Crippen LogP contribution in [0.1, 0.15) is 10.4 Å². The highest BCUT2D eigenvalue weighted by Crippen LogP contribution is 2.36. The van der Waals surface area contributed by atoms with Gasteiger partial charge in [0.25, 0.3) is 5.91 Å². The summed E-state index contributed by atoms with van der Waals surface area (Å²) in [5, 5.41) is 2.96. The fraction of sp³-hybridized carbons (Fsp3) is 0.0714. The highest BCUT2D eigenvalue weighted by atomic mass is 79.9. The van der Waals surface area contributed by atoms with E-state index in [-0.39, 0.29) is 15.6 Å². The Hall–Kier alpha value is -1.30. The number of hydrogen-bond acceptors (Lipinski definition) is 2. The highest BCUT2D eigenvalue weighted by molar-refractivity contribution is 9.10. The van der Waals surface area contributed by atoms with Gasteiger partial charge in [-0.2, -0.15) is 0 Å². The molecule has 0 unspecified atom stereocenters. The van der Waals surface area contributed by atoms with Gasteiger partial charge in [0.1, 0.15) is 11.6 Å². The lowest BCUT2D eigenvalue weighted by atomic mass is 10.2. The second-order valence-electron chi connectivity index (χ2n) is 4.02. The van der Waals surface area contributed by atoms with Gasteiger partial charge in [0, 0.05) is 10.5 Å². The second-order valence-corrected chi connectivity index (χ2v) is 5.63. The zero-order valence-corrected chi connectivity index (χ0v) is 13.8. The molecule has 0 aliphatic carbocycles. The fourth-order valence-corrected chi connectivity index (χ4v) is 2.44. The van der Waals surface area contributed by atoms with Gasteiger partial charge >= 0.3 is 0 Å². The number of anilines is 1. The average molecular weight is 393 g/mol. The molecule has 2 aromatic carbocycles. The third-order valence-electron chi connectivity index (χ3n) is 2.70. The third-order valence-corrected chi connectivity index (χ3v) is 4.48. The molecule has 0 heterocycles. The van der Waals surface area contributed by atoms with Gasteiger partial charge in [-0.1, -0.05) is 23.2 Å². The molecule has 0 spiro atoms. The number of nitrogens with one attached hydrogen (secondary N) is 1. The van der Waals surface area contributed by atoms with Crippen LogP contribution in [0.2, 0.25) is 10.0 Å². The molecule has 2 rings (SSSR count). The summed E-state index contributed by atoms with van der Waals surface area (Å²) in [6.45, 7) is 0. The summed E-state index contributed by atoms with van der Waals surface area (Å²) in [6, 6.07) is 7.16. The minimum absolute atomic E-state index is 0.120. The molecule has 0 bridgehead atoms. The molecule has 0 saturated carbocycles. The maximum Gasteiger partial charge on any atom is 0.258 e. The molecule has 0 aromatic heterocycles. The zero-order valence-electron chi connectivity index (χ0n) is 10.7. The van der Waals surface area contributed by atoms with Crippen molar-refractivity contribution in [1.82, 2.24) is 0 Å². The van der Waals surface area contributed by atoms with Crippen molar-refractivity contribution in [2.75, 3.05) is 12.4 Å². The van der Waals surface area contributed by atoms with Crippen LogP contribution in [0.4, 0.5) is 10.1 Å². The van der Waals surface area contributed by atoms with Crippen molar-refractivity contribution in [3.63, 3.8) is 0 Å². The molecular weight excluding hydrogens is 384 g/mol. The summed E-state index contributed by atoms with van der Waals surface area (Å²) in [6.07, 6.45) is 0. The van der Waals surface area contributed by atoms with E-state index in [4.69, 9.17) is 27.9 Å². The number of rotatable bonds is 3. The molecule has 110 valence electrons. The third kappa shape index (κ3) is 3.48. The summed E-state index contributed by atoms with van der Waals surface area (Å²) in [7, 11) is 1.41. The van der Waals surface area contributed by atoms with Gasteiger partial charge in [-0.05, 0) is 40.2 Å². The van der Waals surface area contributed by atoms with Crippen LogP contribution in [0.5, 0.6) is 5.75 Å². The van der Waals surface area contributed by atoms with Crippen LogP contribution in [0, 0.1) is 5.82 Å². The molecule has 1 amide bonds. The molecule has 0 saturated heterocycles. The van der Waals surface area contributed by atoms with Gasteiger partial charge in [-0.15, -0.1) is 0 Å². The Kier molecular flexibility index (Phi) is 5.08. The number of amides is 1. The number of methoxy groups -OCH3 is 1. The number of halogens is 4. The van der Waals surface area contributed by atoms with Gasteiger partial charge < -0.3 is 10.1 Å². The topological polar surface area (TPSA) is 38.3 Å². The number of carbonyl (C=O) groups excluding carboxylic acids is 1. The van der Waals surface area contributed by atoms with Crippen LogP contribution in [-0.4, -0.2) is 13.0 Å². The van der Waals surface area contributed by atoms with Crippen molar-refractivity contribution in [2.24, 2.45) is 0 Å². The normalized spacial score (nSPS) is 10.3. The number of hydrogen-bond donors (Lipinski definition) is 1. The SMILES string of the molecule is COc1ccc(C(=O)Nc2ccc(Br)c(Cl)c2Cl)c(F)c1. The Bertz CT molecular complexity index is 710.